The van der Waals surface area contributed by atoms with E-state index < -0.39 is 23.1 Å². The zero-order valence-corrected chi connectivity index (χ0v) is 18.1. The van der Waals surface area contributed by atoms with Gasteiger partial charge in [-0.25, -0.2) is 0 Å². The zero-order chi connectivity index (χ0) is 24.3. The predicted octanol–water partition coefficient (Wildman–Crippen LogP) is 6.20. The summed E-state index contributed by atoms with van der Waals surface area (Å²) in [5.74, 6) is -1.23. The molecule has 3 aromatic carbocycles. The van der Waals surface area contributed by atoms with Crippen molar-refractivity contribution in [1.29, 1.82) is 0 Å². The largest absolute Gasteiger partial charge is 0.497 e. The summed E-state index contributed by atoms with van der Waals surface area (Å²) in [5, 5.41) is -0.0808. The third-order valence-corrected chi connectivity index (χ3v) is 4.91. The van der Waals surface area contributed by atoms with Crippen LogP contribution in [-0.4, -0.2) is 14.2 Å². The van der Waals surface area contributed by atoms with Gasteiger partial charge in [-0.15, -0.1) is 0 Å². The van der Waals surface area contributed by atoms with Gasteiger partial charge in [0.25, 0.3) is 5.76 Å². The minimum absolute atomic E-state index is 0.00375. The number of ether oxygens (including phenoxy) is 4. The van der Waals surface area contributed by atoms with E-state index in [1.807, 2.05) is 0 Å². The van der Waals surface area contributed by atoms with Gasteiger partial charge in [0.2, 0.25) is 11.2 Å². The van der Waals surface area contributed by atoms with Crippen LogP contribution < -0.4 is 24.4 Å². The lowest BCUT2D eigenvalue weighted by Gasteiger charge is -2.14. The van der Waals surface area contributed by atoms with E-state index in [1.165, 1.54) is 43.5 Å². The number of rotatable bonds is 7. The highest BCUT2D eigenvalue weighted by Gasteiger charge is 2.40. The molecule has 0 saturated carbocycles. The summed E-state index contributed by atoms with van der Waals surface area (Å²) in [4.78, 5) is 12.9. The minimum Gasteiger partial charge on any atom is -0.497 e. The molecule has 4 rings (SSSR count). The Morgan fingerprint density at radius 1 is 0.824 bits per heavy atom. The van der Waals surface area contributed by atoms with E-state index in [0.29, 0.717) is 11.5 Å². The molecule has 0 atom stereocenters. The molecule has 0 unspecified atom stereocenters. The summed E-state index contributed by atoms with van der Waals surface area (Å²) >= 11 is 0. The molecule has 0 bridgehead atoms. The first-order chi connectivity index (χ1) is 16.3. The van der Waals surface area contributed by atoms with Crippen LogP contribution >= 0.6 is 0 Å². The molecule has 9 heteroatoms. The predicted molar refractivity (Wildman–Crippen MR) is 118 cm³/mol. The molecule has 4 aromatic rings. The third kappa shape index (κ3) is 4.93. The van der Waals surface area contributed by atoms with Crippen LogP contribution in [0.1, 0.15) is 11.3 Å². The Labute approximate surface area is 192 Å². The number of benzene rings is 3. The van der Waals surface area contributed by atoms with Gasteiger partial charge in [-0.1, -0.05) is 18.2 Å². The van der Waals surface area contributed by atoms with Crippen molar-refractivity contribution in [2.24, 2.45) is 0 Å². The Balaban J connectivity index is 1.68. The topological polar surface area (TPSA) is 67.1 Å². The highest BCUT2D eigenvalue weighted by Crippen LogP contribution is 2.39. The highest BCUT2D eigenvalue weighted by atomic mass is 19.4. The van der Waals surface area contributed by atoms with Gasteiger partial charge in [-0.3, -0.25) is 4.79 Å². The van der Waals surface area contributed by atoms with Gasteiger partial charge in [0.1, 0.15) is 35.2 Å². The normalized spacial score (nSPS) is 11.3. The average molecular weight is 472 g/mol. The van der Waals surface area contributed by atoms with E-state index in [0.717, 1.165) is 5.56 Å². The molecule has 1 heterocycles. The number of halogens is 3. The molecule has 0 aliphatic carbocycles. The molecule has 6 nitrogen and oxygen atoms in total. The second-order valence-corrected chi connectivity index (χ2v) is 7.16. The number of alkyl halides is 3. The van der Waals surface area contributed by atoms with Crippen LogP contribution in [0.2, 0.25) is 0 Å². The number of fused-ring (bicyclic) bond motifs is 1. The summed E-state index contributed by atoms with van der Waals surface area (Å²) in [5.41, 5.74) is -0.416. The zero-order valence-electron chi connectivity index (χ0n) is 18.1. The van der Waals surface area contributed by atoms with Crippen LogP contribution in [0.25, 0.3) is 11.0 Å². The number of hydrogen-bond acceptors (Lipinski definition) is 6. The summed E-state index contributed by atoms with van der Waals surface area (Å²) in [6.45, 7) is 0.156. The molecule has 1 aromatic heterocycles. The first kappa shape index (κ1) is 23.0. The summed E-state index contributed by atoms with van der Waals surface area (Å²) in [7, 11) is 2.95. The standard InChI is InChI=1S/C25H19F3O6/c1-30-16-8-6-15(7-9-16)14-32-18-10-11-20-21(13-18)34-24(25(26,27)28)23(22(20)29)33-19-5-3-4-17(12-19)31-2/h3-13H,14H2,1-2H3. The van der Waals surface area contributed by atoms with Gasteiger partial charge >= 0.3 is 6.18 Å². The maximum atomic E-state index is 13.8. The molecule has 0 N–H and O–H groups in total. The molecule has 0 aliphatic heterocycles. The fourth-order valence-electron chi connectivity index (χ4n) is 3.20. The van der Waals surface area contributed by atoms with E-state index in [2.05, 4.69) is 0 Å². The molecular formula is C25H19F3O6. The first-order valence-electron chi connectivity index (χ1n) is 10.0. The Kier molecular flexibility index (Phi) is 6.36. The minimum atomic E-state index is -4.97. The highest BCUT2D eigenvalue weighted by molar-refractivity contribution is 5.79. The molecule has 0 radical (unpaired) electrons. The maximum absolute atomic E-state index is 13.8. The van der Waals surface area contributed by atoms with Crippen LogP contribution in [0.4, 0.5) is 13.2 Å². The van der Waals surface area contributed by atoms with Crippen molar-refractivity contribution < 1.29 is 36.5 Å². The fourth-order valence-corrected chi connectivity index (χ4v) is 3.20. The first-order valence-corrected chi connectivity index (χ1v) is 10.0. The molecule has 0 saturated heterocycles. The second kappa shape index (κ2) is 9.38. The number of hydrogen-bond donors (Lipinski definition) is 0. The van der Waals surface area contributed by atoms with Gasteiger partial charge in [-0.2, -0.15) is 13.2 Å². The van der Waals surface area contributed by atoms with Crippen LogP contribution in [-0.2, 0) is 12.8 Å². The van der Waals surface area contributed by atoms with E-state index in [4.69, 9.17) is 23.4 Å². The van der Waals surface area contributed by atoms with E-state index >= 15 is 0 Å². The van der Waals surface area contributed by atoms with Crippen LogP contribution in [0.5, 0.6) is 28.7 Å². The van der Waals surface area contributed by atoms with Crippen LogP contribution in [0, 0.1) is 0 Å². The summed E-state index contributed by atoms with van der Waals surface area (Å²) < 4.78 is 67.5. The van der Waals surface area contributed by atoms with Gasteiger partial charge in [-0.05, 0) is 42.0 Å². The Morgan fingerprint density at radius 3 is 2.18 bits per heavy atom. The molecule has 176 valence electrons. The smallest absolute Gasteiger partial charge is 0.453 e. The Morgan fingerprint density at radius 2 is 1.50 bits per heavy atom. The van der Waals surface area contributed by atoms with E-state index in [-0.39, 0.29) is 29.1 Å². The van der Waals surface area contributed by atoms with E-state index in [9.17, 15) is 18.0 Å². The Bertz CT molecular complexity index is 1360. The lowest BCUT2D eigenvalue weighted by molar-refractivity contribution is -0.154. The van der Waals surface area contributed by atoms with Crippen molar-refractivity contribution in [2.45, 2.75) is 12.8 Å². The lowest BCUT2D eigenvalue weighted by Crippen LogP contribution is -2.15. The fraction of sp³-hybridized carbons (Fsp3) is 0.160. The van der Waals surface area contributed by atoms with Gasteiger partial charge in [0.15, 0.2) is 0 Å². The van der Waals surface area contributed by atoms with Gasteiger partial charge < -0.3 is 23.4 Å². The maximum Gasteiger partial charge on any atom is 0.453 e. The third-order valence-electron chi connectivity index (χ3n) is 4.91. The van der Waals surface area contributed by atoms with Crippen LogP contribution in [0.3, 0.4) is 0 Å². The average Bonchev–Trinajstić information content (AvgIpc) is 2.84. The molecule has 0 aliphatic rings. The quantitative estimate of drug-likeness (QED) is 0.319. The van der Waals surface area contributed by atoms with Crippen molar-refractivity contribution in [3.63, 3.8) is 0 Å². The lowest BCUT2D eigenvalue weighted by atomic mass is 10.2. The molecule has 0 fully saturated rings. The van der Waals surface area contributed by atoms with Crippen molar-refractivity contribution in [1.82, 2.24) is 0 Å². The molecule has 34 heavy (non-hydrogen) atoms. The second-order valence-electron chi connectivity index (χ2n) is 7.16. The Hall–Kier alpha value is -4.14. The molecule has 0 spiro atoms. The van der Waals surface area contributed by atoms with Gasteiger partial charge in [0, 0.05) is 12.1 Å². The summed E-state index contributed by atoms with van der Waals surface area (Å²) in [6.07, 6.45) is -4.97. The van der Waals surface area contributed by atoms with Gasteiger partial charge in [0.05, 0.1) is 19.6 Å². The van der Waals surface area contributed by atoms with Crippen molar-refractivity contribution in [2.75, 3.05) is 14.2 Å². The van der Waals surface area contributed by atoms with E-state index in [1.54, 1.807) is 37.4 Å². The molecular weight excluding hydrogens is 453 g/mol. The number of methoxy groups -OCH3 is 2. The monoisotopic (exact) mass is 472 g/mol. The summed E-state index contributed by atoms with van der Waals surface area (Å²) in [6, 6.07) is 17.1. The van der Waals surface area contributed by atoms with Crippen molar-refractivity contribution in [3.05, 3.63) is 88.3 Å². The van der Waals surface area contributed by atoms with Crippen molar-refractivity contribution >= 4 is 11.0 Å². The van der Waals surface area contributed by atoms with Crippen LogP contribution in [0.15, 0.2) is 75.9 Å². The SMILES string of the molecule is COc1ccc(COc2ccc3c(=O)c(Oc4cccc(OC)c4)c(C(F)(F)F)oc3c2)cc1. The van der Waals surface area contributed by atoms with Crippen molar-refractivity contribution in [3.8, 4) is 28.7 Å². The molecule has 0 amide bonds.